The van der Waals surface area contributed by atoms with Crippen LogP contribution in [0.2, 0.25) is 0 Å². The van der Waals surface area contributed by atoms with Gasteiger partial charge in [0.1, 0.15) is 0 Å². The van der Waals surface area contributed by atoms with E-state index in [-0.39, 0.29) is 0 Å². The van der Waals surface area contributed by atoms with Gasteiger partial charge in [-0.25, -0.2) is 0 Å². The molecule has 0 atom stereocenters. The largest absolute Gasteiger partial charge is 0.433 e. The van der Waals surface area contributed by atoms with E-state index in [9.17, 15) is 0 Å². The Hall–Kier alpha value is 0.800. The van der Waals surface area contributed by atoms with Crippen LogP contribution in [0, 0.1) is 14.8 Å². The topological polar surface area (TPSA) is 92.4 Å². The molecule has 0 aliphatic rings. The van der Waals surface area contributed by atoms with Crippen LogP contribution in [0.25, 0.3) is 0 Å². The number of hydrogen-bond donors (Lipinski definition) is 2. The molecule has 0 saturated carbocycles. The van der Waals surface area contributed by atoms with Crippen molar-refractivity contribution in [2.24, 2.45) is 5.73 Å². The standard InChI is InChI=1S/C4H10BrN.BrHO3/c5-3-1-2-4-6;2-1(3)4/h1-4,6H2;2H. The van der Waals surface area contributed by atoms with E-state index in [4.69, 9.17) is 18.3 Å². The number of alkyl halides is 1. The van der Waals surface area contributed by atoms with Crippen LogP contribution in [0.3, 0.4) is 0 Å². The van der Waals surface area contributed by atoms with Crippen molar-refractivity contribution >= 4 is 15.9 Å². The highest BCUT2D eigenvalue weighted by atomic mass is 80.0. The first-order valence-electron chi connectivity index (χ1n) is 2.65. The van der Waals surface area contributed by atoms with E-state index in [1.54, 1.807) is 0 Å². The molecule has 0 aromatic heterocycles. The third kappa shape index (κ3) is 37.1. The van der Waals surface area contributed by atoms with Gasteiger partial charge >= 0.3 is 14.8 Å². The molecule has 0 rings (SSSR count). The van der Waals surface area contributed by atoms with Crippen molar-refractivity contribution in [3.63, 3.8) is 0 Å². The first-order valence-corrected chi connectivity index (χ1v) is 5.78. The van der Waals surface area contributed by atoms with Gasteiger partial charge in [0, 0.05) is 5.33 Å². The molecule has 0 saturated heterocycles. The minimum atomic E-state index is -3.40. The molecule has 0 bridgehead atoms. The average Bonchev–Trinajstić information content (AvgIpc) is 1.82. The highest BCUT2D eigenvalue weighted by molar-refractivity contribution is 9.09. The second-order valence-electron chi connectivity index (χ2n) is 1.39. The molecular formula is C4H11Br2NO3. The van der Waals surface area contributed by atoms with Crippen LogP contribution < -0.4 is 14.1 Å². The van der Waals surface area contributed by atoms with E-state index < -0.39 is 14.8 Å². The van der Waals surface area contributed by atoms with Gasteiger partial charge in [-0.05, 0) is 23.6 Å². The highest BCUT2D eigenvalue weighted by Crippen LogP contribution is 1.89. The van der Waals surface area contributed by atoms with Crippen molar-refractivity contribution in [1.29, 1.82) is 0 Å². The second-order valence-corrected chi connectivity index (χ2v) is 3.02. The van der Waals surface area contributed by atoms with Gasteiger partial charge in [0.15, 0.2) is 0 Å². The Morgan fingerprint density at radius 1 is 1.40 bits per heavy atom. The summed E-state index contributed by atoms with van der Waals surface area (Å²) in [7, 11) is 0. The van der Waals surface area contributed by atoms with Gasteiger partial charge in [-0.15, -0.1) is 0 Å². The molecule has 10 heavy (non-hydrogen) atoms. The summed E-state index contributed by atoms with van der Waals surface area (Å²) >= 11 is -0.101. The maximum absolute atomic E-state index is 8.63. The summed E-state index contributed by atoms with van der Waals surface area (Å²) in [5.41, 5.74) is 5.19. The Labute approximate surface area is 74.0 Å². The smallest absolute Gasteiger partial charge is 0.372 e. The average molecular weight is 281 g/mol. The van der Waals surface area contributed by atoms with E-state index in [2.05, 4.69) is 15.9 Å². The molecule has 64 valence electrons. The molecule has 0 amide bonds. The van der Waals surface area contributed by atoms with Crippen LogP contribution in [-0.2, 0) is 0 Å². The zero-order valence-electron chi connectivity index (χ0n) is 5.43. The number of hydrogen-bond acceptors (Lipinski definition) is 4. The van der Waals surface area contributed by atoms with Crippen LogP contribution >= 0.6 is 15.9 Å². The minimum absolute atomic E-state index is 0.825. The summed E-state index contributed by atoms with van der Waals surface area (Å²) in [4.78, 5) is 0. The SMILES string of the molecule is NCCCCBr.[O-][Br+2]([O-])O. The van der Waals surface area contributed by atoms with Crippen molar-refractivity contribution in [3.8, 4) is 0 Å². The fourth-order valence-electron chi connectivity index (χ4n) is 0.239. The van der Waals surface area contributed by atoms with Gasteiger partial charge in [0.2, 0.25) is 0 Å². The van der Waals surface area contributed by atoms with E-state index >= 15 is 0 Å². The molecule has 0 aliphatic heterocycles. The molecule has 0 radical (unpaired) electrons. The Morgan fingerprint density at radius 2 is 1.80 bits per heavy atom. The molecule has 0 fully saturated rings. The van der Waals surface area contributed by atoms with E-state index in [0.717, 1.165) is 18.3 Å². The molecule has 6 heteroatoms. The van der Waals surface area contributed by atoms with Gasteiger partial charge in [0.05, 0.1) is 0 Å². The zero-order chi connectivity index (χ0) is 8.41. The van der Waals surface area contributed by atoms with Crippen LogP contribution in [0.4, 0.5) is 0 Å². The van der Waals surface area contributed by atoms with Crippen molar-refractivity contribution in [1.82, 2.24) is 0 Å². The maximum Gasteiger partial charge on any atom is 0.433 e. The lowest BCUT2D eigenvalue weighted by atomic mass is 10.3. The minimum Gasteiger partial charge on any atom is -0.372 e. The zero-order valence-corrected chi connectivity index (χ0v) is 8.60. The number of unbranched alkanes of at least 4 members (excludes halogenated alkanes) is 1. The third-order valence-electron chi connectivity index (χ3n) is 0.588. The molecule has 0 heterocycles. The third-order valence-corrected chi connectivity index (χ3v) is 1.15. The molecule has 0 unspecified atom stereocenters. The van der Waals surface area contributed by atoms with Gasteiger partial charge in [-0.2, -0.15) is 0 Å². The summed E-state index contributed by atoms with van der Waals surface area (Å²) in [6.45, 7) is 0.825. The molecule has 0 spiro atoms. The molecule has 3 N–H and O–H groups in total. The van der Waals surface area contributed by atoms with E-state index in [0.29, 0.717) is 0 Å². The monoisotopic (exact) mass is 279 g/mol. The van der Waals surface area contributed by atoms with Gasteiger partial charge in [-0.1, -0.05) is 15.9 Å². The fraction of sp³-hybridized carbons (Fsp3) is 1.00. The van der Waals surface area contributed by atoms with Gasteiger partial charge < -0.3 is 14.1 Å². The molecule has 0 aromatic rings. The van der Waals surface area contributed by atoms with Gasteiger partial charge in [0.25, 0.3) is 0 Å². The number of rotatable bonds is 3. The van der Waals surface area contributed by atoms with E-state index in [1.807, 2.05) is 0 Å². The maximum atomic E-state index is 8.63. The molecule has 4 nitrogen and oxygen atoms in total. The normalized spacial score (nSPS) is 9.00. The van der Waals surface area contributed by atoms with Crippen molar-refractivity contribution in [2.75, 3.05) is 11.9 Å². The summed E-state index contributed by atoms with van der Waals surface area (Å²) in [5, 5.41) is 1.09. The Balaban J connectivity index is 0. The van der Waals surface area contributed by atoms with Crippen LogP contribution in [0.15, 0.2) is 0 Å². The first kappa shape index (κ1) is 13.4. The second kappa shape index (κ2) is 12.5. The van der Waals surface area contributed by atoms with Crippen molar-refractivity contribution < 1.29 is 27.4 Å². The van der Waals surface area contributed by atoms with Crippen molar-refractivity contribution in [3.05, 3.63) is 0 Å². The summed E-state index contributed by atoms with van der Waals surface area (Å²) in [6, 6.07) is 0. The quantitative estimate of drug-likeness (QED) is 0.471. The lowest BCUT2D eigenvalue weighted by Gasteiger charge is -1.85. The summed E-state index contributed by atoms with van der Waals surface area (Å²) < 4.78 is 24.3. The van der Waals surface area contributed by atoms with Crippen LogP contribution in [-0.4, -0.2) is 16.1 Å². The number of nitrogens with two attached hydrogens (primary N) is 1. The Kier molecular flexibility index (Phi) is 16.7. The fourth-order valence-corrected chi connectivity index (χ4v) is 0.635. The van der Waals surface area contributed by atoms with Crippen LogP contribution in [0.5, 0.6) is 0 Å². The summed E-state index contributed by atoms with van der Waals surface area (Å²) in [6.07, 6.45) is 2.35. The molecule has 0 aliphatic carbocycles. The lowest BCUT2D eigenvalue weighted by Crippen LogP contribution is -2.30. The molecule has 0 aromatic carbocycles. The molecular weight excluding hydrogens is 270 g/mol. The predicted octanol–water partition coefficient (Wildman–Crippen LogP) is -1.81. The van der Waals surface area contributed by atoms with E-state index in [1.165, 1.54) is 6.42 Å². The number of halogens is 2. The Bertz CT molecular complexity index is 49.0. The van der Waals surface area contributed by atoms with Gasteiger partial charge in [-0.3, -0.25) is 0 Å². The highest BCUT2D eigenvalue weighted by Gasteiger charge is 1.86. The summed E-state index contributed by atoms with van der Waals surface area (Å²) in [5.74, 6) is 0. The van der Waals surface area contributed by atoms with Crippen LogP contribution in [0.1, 0.15) is 12.8 Å². The lowest BCUT2D eigenvalue weighted by molar-refractivity contribution is -1.63. The first-order chi connectivity index (χ1) is 4.65. The predicted molar refractivity (Wildman–Crippen MR) is 34.3 cm³/mol. The Morgan fingerprint density at radius 3 is 1.90 bits per heavy atom. The van der Waals surface area contributed by atoms with Crippen molar-refractivity contribution in [2.45, 2.75) is 12.8 Å².